The molecule has 1 rings (SSSR count). The predicted octanol–water partition coefficient (Wildman–Crippen LogP) is -0.247. The van der Waals surface area contributed by atoms with Crippen LogP contribution in [0.2, 0.25) is 0 Å². The van der Waals surface area contributed by atoms with E-state index in [9.17, 15) is 4.79 Å². The number of nitrogens with one attached hydrogen (secondary N) is 1. The third-order valence-corrected chi connectivity index (χ3v) is 2.12. The van der Waals surface area contributed by atoms with Crippen molar-refractivity contribution in [3.05, 3.63) is 0 Å². The van der Waals surface area contributed by atoms with Gasteiger partial charge in [0.1, 0.15) is 6.04 Å². The maximum atomic E-state index is 10.6. The molecule has 0 aromatic rings. The summed E-state index contributed by atoms with van der Waals surface area (Å²) in [5.74, 6) is -0.726. The molecule has 2 N–H and O–H groups in total. The van der Waals surface area contributed by atoms with Crippen LogP contribution < -0.4 is 5.32 Å². The molecule has 4 nitrogen and oxygen atoms in total. The van der Waals surface area contributed by atoms with Crippen LogP contribution in [0, 0.1) is 0 Å². The number of likely N-dealkylation sites (N-methyl/N-ethyl adjacent to an activating group) is 1. The van der Waals surface area contributed by atoms with E-state index in [1.165, 1.54) is 0 Å². The van der Waals surface area contributed by atoms with E-state index >= 15 is 0 Å². The van der Waals surface area contributed by atoms with Crippen molar-refractivity contribution in [3.8, 4) is 0 Å². The van der Waals surface area contributed by atoms with E-state index in [4.69, 9.17) is 5.11 Å². The summed E-state index contributed by atoms with van der Waals surface area (Å²) in [6.45, 7) is 0.920. The summed E-state index contributed by atoms with van der Waals surface area (Å²) in [7, 11) is 3.99. The van der Waals surface area contributed by atoms with Gasteiger partial charge in [-0.2, -0.15) is 0 Å². The fraction of sp³-hybridized carbons (Fsp3) is 0.875. The topological polar surface area (TPSA) is 52.6 Å². The zero-order valence-electron chi connectivity index (χ0n) is 7.58. The van der Waals surface area contributed by atoms with Crippen molar-refractivity contribution in [3.63, 3.8) is 0 Å². The largest absolute Gasteiger partial charge is 0.480 e. The highest BCUT2D eigenvalue weighted by atomic mass is 16.4. The monoisotopic (exact) mass is 172 g/mol. The van der Waals surface area contributed by atoms with Gasteiger partial charge in [-0.15, -0.1) is 0 Å². The minimum absolute atomic E-state index is 0.324. The number of carboxylic acids is 1. The minimum Gasteiger partial charge on any atom is -0.480 e. The van der Waals surface area contributed by atoms with Crippen LogP contribution in [-0.2, 0) is 4.79 Å². The van der Waals surface area contributed by atoms with Crippen LogP contribution in [0.1, 0.15) is 12.8 Å². The molecule has 1 aliphatic heterocycles. The Morgan fingerprint density at radius 1 is 1.58 bits per heavy atom. The number of hydrogen-bond donors (Lipinski definition) is 2. The third kappa shape index (κ3) is 2.46. The smallest absolute Gasteiger partial charge is 0.320 e. The molecule has 0 saturated carbocycles. The molecule has 70 valence electrons. The first-order valence-corrected chi connectivity index (χ1v) is 4.23. The number of rotatable bonds is 3. The van der Waals surface area contributed by atoms with Crippen molar-refractivity contribution < 1.29 is 9.90 Å². The molecule has 0 amide bonds. The molecular formula is C8H16N2O2. The molecule has 0 aliphatic carbocycles. The molecule has 1 fully saturated rings. The van der Waals surface area contributed by atoms with Gasteiger partial charge in [-0.3, -0.25) is 4.79 Å². The normalized spacial score (nSPS) is 29.6. The first-order valence-electron chi connectivity index (χ1n) is 4.23. The summed E-state index contributed by atoms with van der Waals surface area (Å²) < 4.78 is 0. The summed E-state index contributed by atoms with van der Waals surface area (Å²) >= 11 is 0. The molecular weight excluding hydrogens is 156 g/mol. The summed E-state index contributed by atoms with van der Waals surface area (Å²) in [5.41, 5.74) is 0. The van der Waals surface area contributed by atoms with E-state index in [0.717, 1.165) is 19.4 Å². The Morgan fingerprint density at radius 2 is 2.25 bits per heavy atom. The van der Waals surface area contributed by atoms with Crippen molar-refractivity contribution in [1.29, 1.82) is 0 Å². The van der Waals surface area contributed by atoms with E-state index < -0.39 is 5.97 Å². The maximum Gasteiger partial charge on any atom is 0.320 e. The number of hydrogen-bond acceptors (Lipinski definition) is 3. The minimum atomic E-state index is -0.726. The van der Waals surface area contributed by atoms with E-state index in [-0.39, 0.29) is 6.04 Å². The van der Waals surface area contributed by atoms with E-state index in [2.05, 4.69) is 10.2 Å². The quantitative estimate of drug-likeness (QED) is 0.616. The number of carbonyl (C=O) groups is 1. The molecule has 0 aromatic carbocycles. The van der Waals surface area contributed by atoms with Crippen LogP contribution in [0.3, 0.4) is 0 Å². The molecule has 2 atom stereocenters. The van der Waals surface area contributed by atoms with E-state index in [0.29, 0.717) is 6.04 Å². The van der Waals surface area contributed by atoms with Crippen molar-refractivity contribution in [2.75, 3.05) is 20.6 Å². The highest BCUT2D eigenvalue weighted by Gasteiger charge is 2.28. The second-order valence-electron chi connectivity index (χ2n) is 3.59. The van der Waals surface area contributed by atoms with Gasteiger partial charge in [0.25, 0.3) is 0 Å². The van der Waals surface area contributed by atoms with Gasteiger partial charge in [-0.25, -0.2) is 0 Å². The standard InChI is InChI=1S/C8H16N2O2/c1-10(2)5-6-3-4-7(9-6)8(11)12/h6-7,9H,3-5H2,1-2H3,(H,11,12)/t6-,7?/m0/s1. The maximum absolute atomic E-state index is 10.6. The summed E-state index contributed by atoms with van der Waals surface area (Å²) in [6.07, 6.45) is 1.73. The van der Waals surface area contributed by atoms with Gasteiger partial charge >= 0.3 is 5.97 Å². The van der Waals surface area contributed by atoms with Crippen molar-refractivity contribution in [1.82, 2.24) is 10.2 Å². The molecule has 1 unspecified atom stereocenters. The molecule has 0 aromatic heterocycles. The second-order valence-corrected chi connectivity index (χ2v) is 3.59. The number of aliphatic carboxylic acids is 1. The Balaban J connectivity index is 2.30. The SMILES string of the molecule is CN(C)C[C@@H]1CCC(C(=O)O)N1. The Morgan fingerprint density at radius 3 is 2.67 bits per heavy atom. The molecule has 1 aliphatic rings. The fourth-order valence-electron chi connectivity index (χ4n) is 1.60. The van der Waals surface area contributed by atoms with Crippen molar-refractivity contribution in [2.45, 2.75) is 24.9 Å². The molecule has 4 heteroatoms. The van der Waals surface area contributed by atoms with Gasteiger partial charge in [0.2, 0.25) is 0 Å². The summed E-state index contributed by atoms with van der Waals surface area (Å²) in [6, 6.07) is 0.0241. The lowest BCUT2D eigenvalue weighted by Crippen LogP contribution is -2.40. The van der Waals surface area contributed by atoms with Crippen molar-refractivity contribution in [2.24, 2.45) is 0 Å². The zero-order chi connectivity index (χ0) is 9.14. The van der Waals surface area contributed by atoms with Crippen LogP contribution >= 0.6 is 0 Å². The van der Waals surface area contributed by atoms with Gasteiger partial charge in [0, 0.05) is 12.6 Å². The average molecular weight is 172 g/mol. The Bertz CT molecular complexity index is 170. The Labute approximate surface area is 72.6 Å². The van der Waals surface area contributed by atoms with Crippen LogP contribution in [0.4, 0.5) is 0 Å². The van der Waals surface area contributed by atoms with Gasteiger partial charge in [0.15, 0.2) is 0 Å². The molecule has 0 spiro atoms. The predicted molar refractivity (Wildman–Crippen MR) is 46.1 cm³/mol. The van der Waals surface area contributed by atoms with Crippen LogP contribution in [-0.4, -0.2) is 48.7 Å². The van der Waals surface area contributed by atoms with E-state index in [1.807, 2.05) is 14.1 Å². The number of nitrogens with zero attached hydrogens (tertiary/aromatic N) is 1. The first-order chi connectivity index (χ1) is 5.59. The van der Waals surface area contributed by atoms with Crippen LogP contribution in [0.5, 0.6) is 0 Å². The van der Waals surface area contributed by atoms with Crippen LogP contribution in [0.25, 0.3) is 0 Å². The lowest BCUT2D eigenvalue weighted by Gasteiger charge is -2.16. The van der Waals surface area contributed by atoms with Crippen molar-refractivity contribution >= 4 is 5.97 Å². The molecule has 12 heavy (non-hydrogen) atoms. The Hall–Kier alpha value is -0.610. The Kier molecular flexibility index (Phi) is 3.05. The highest BCUT2D eigenvalue weighted by Crippen LogP contribution is 2.12. The van der Waals surface area contributed by atoms with Gasteiger partial charge in [-0.1, -0.05) is 0 Å². The second kappa shape index (κ2) is 3.87. The van der Waals surface area contributed by atoms with Gasteiger partial charge < -0.3 is 15.3 Å². The summed E-state index contributed by atoms with van der Waals surface area (Å²) in [4.78, 5) is 12.6. The average Bonchev–Trinajstić information content (AvgIpc) is 2.34. The lowest BCUT2D eigenvalue weighted by molar-refractivity contribution is -0.139. The fourth-order valence-corrected chi connectivity index (χ4v) is 1.60. The summed E-state index contributed by atoms with van der Waals surface area (Å²) in [5, 5.41) is 11.8. The number of carboxylic acid groups (broad SMARTS) is 1. The molecule has 1 saturated heterocycles. The molecule has 0 bridgehead atoms. The van der Waals surface area contributed by atoms with Crippen LogP contribution in [0.15, 0.2) is 0 Å². The zero-order valence-corrected chi connectivity index (χ0v) is 7.58. The first kappa shape index (κ1) is 9.48. The highest BCUT2D eigenvalue weighted by molar-refractivity contribution is 5.73. The molecule has 0 radical (unpaired) electrons. The van der Waals surface area contributed by atoms with E-state index in [1.54, 1.807) is 0 Å². The lowest BCUT2D eigenvalue weighted by atomic mass is 10.2. The molecule has 1 heterocycles. The third-order valence-electron chi connectivity index (χ3n) is 2.12. The van der Waals surface area contributed by atoms with Gasteiger partial charge in [0.05, 0.1) is 0 Å². The van der Waals surface area contributed by atoms with Gasteiger partial charge in [-0.05, 0) is 26.9 Å².